The third-order valence-electron chi connectivity index (χ3n) is 6.65. The third kappa shape index (κ3) is 9.95. The lowest BCUT2D eigenvalue weighted by Gasteiger charge is -2.33. The highest BCUT2D eigenvalue weighted by Crippen LogP contribution is 2.25. The fraction of sp³-hybridized carbons (Fsp3) is 0.344. The average molecular weight is 561 g/mol. The minimum Gasteiger partial charge on any atom is -0.460 e. The molecule has 1 heterocycles. The van der Waals surface area contributed by atoms with Crippen LogP contribution in [0.1, 0.15) is 48.8 Å². The molecule has 0 unspecified atom stereocenters. The first-order valence-corrected chi connectivity index (χ1v) is 13.9. The lowest BCUT2D eigenvalue weighted by atomic mass is 10.0. The summed E-state index contributed by atoms with van der Waals surface area (Å²) in [5.74, 6) is -0.338. The van der Waals surface area contributed by atoms with Gasteiger partial charge >= 0.3 is 18.2 Å². The van der Waals surface area contributed by atoms with Gasteiger partial charge < -0.3 is 18.9 Å². The number of nitrogens with zero attached hydrogens (tertiary/aromatic N) is 1. The van der Waals surface area contributed by atoms with Crippen LogP contribution < -0.4 is 5.43 Å². The van der Waals surface area contributed by atoms with Crippen LogP contribution in [0.15, 0.2) is 91.0 Å². The zero-order chi connectivity index (χ0) is 28.7. The highest BCUT2D eigenvalue weighted by molar-refractivity contribution is 5.75. The van der Waals surface area contributed by atoms with Gasteiger partial charge in [-0.25, -0.2) is 20.0 Å². The van der Waals surface area contributed by atoms with Crippen molar-refractivity contribution < 1.29 is 33.3 Å². The second-order valence-electron chi connectivity index (χ2n) is 9.75. The summed E-state index contributed by atoms with van der Waals surface area (Å²) in [5.41, 5.74) is 5.26. The predicted octanol–water partition coefficient (Wildman–Crippen LogP) is 5.93. The number of hydrogen-bond donors (Lipinski definition) is 1. The van der Waals surface area contributed by atoms with Crippen LogP contribution in [0.25, 0.3) is 0 Å². The van der Waals surface area contributed by atoms with E-state index < -0.39 is 24.3 Å². The van der Waals surface area contributed by atoms with Gasteiger partial charge in [0.05, 0.1) is 12.6 Å². The van der Waals surface area contributed by atoms with E-state index >= 15 is 0 Å². The number of benzene rings is 3. The highest BCUT2D eigenvalue weighted by Gasteiger charge is 2.39. The highest BCUT2D eigenvalue weighted by atomic mass is 16.6. The molecule has 1 fully saturated rings. The van der Waals surface area contributed by atoms with E-state index in [1.54, 1.807) is 0 Å². The first-order chi connectivity index (χ1) is 20.1. The molecule has 9 nitrogen and oxygen atoms in total. The zero-order valence-electron chi connectivity index (χ0n) is 23.0. The average Bonchev–Trinajstić information content (AvgIpc) is 3.45. The van der Waals surface area contributed by atoms with E-state index in [1.807, 2.05) is 91.0 Å². The largest absolute Gasteiger partial charge is 0.460 e. The van der Waals surface area contributed by atoms with E-state index in [9.17, 15) is 14.4 Å². The van der Waals surface area contributed by atoms with E-state index in [-0.39, 0.29) is 25.6 Å². The van der Waals surface area contributed by atoms with E-state index in [4.69, 9.17) is 18.9 Å². The van der Waals surface area contributed by atoms with Gasteiger partial charge in [0.25, 0.3) is 0 Å². The number of hydrazine groups is 1. The Morgan fingerprint density at radius 3 is 1.93 bits per heavy atom. The molecule has 3 aromatic carbocycles. The number of carbonyl (C=O) groups is 3. The van der Waals surface area contributed by atoms with Crippen molar-refractivity contribution >= 4 is 18.2 Å². The molecule has 0 aromatic heterocycles. The van der Waals surface area contributed by atoms with Crippen molar-refractivity contribution in [3.63, 3.8) is 0 Å². The van der Waals surface area contributed by atoms with Crippen LogP contribution in [0.5, 0.6) is 0 Å². The van der Waals surface area contributed by atoms with Crippen LogP contribution in [0.4, 0.5) is 9.59 Å². The summed E-state index contributed by atoms with van der Waals surface area (Å²) in [7, 11) is 0. The van der Waals surface area contributed by atoms with Crippen molar-refractivity contribution in [2.75, 3.05) is 6.61 Å². The molecule has 0 bridgehead atoms. The Hall–Kier alpha value is -4.37. The lowest BCUT2D eigenvalue weighted by molar-refractivity contribution is -0.144. The van der Waals surface area contributed by atoms with Crippen molar-refractivity contribution in [3.8, 4) is 0 Å². The van der Waals surface area contributed by atoms with Gasteiger partial charge in [-0.3, -0.25) is 4.79 Å². The van der Waals surface area contributed by atoms with Gasteiger partial charge in [0.2, 0.25) is 0 Å². The molecule has 1 N–H and O–H groups in total. The summed E-state index contributed by atoms with van der Waals surface area (Å²) >= 11 is 0. The number of cyclic esters (lactones) is 1. The van der Waals surface area contributed by atoms with Crippen molar-refractivity contribution in [1.82, 2.24) is 10.4 Å². The summed E-state index contributed by atoms with van der Waals surface area (Å²) < 4.78 is 22.3. The van der Waals surface area contributed by atoms with Gasteiger partial charge in [0.15, 0.2) is 0 Å². The van der Waals surface area contributed by atoms with E-state index in [0.29, 0.717) is 32.5 Å². The van der Waals surface area contributed by atoms with Gasteiger partial charge in [-0.1, -0.05) is 91.0 Å². The number of unbranched alkanes of at least 4 members (excludes halogenated alkanes) is 1. The number of hydrogen-bond acceptors (Lipinski definition) is 7. The molecule has 0 spiro atoms. The van der Waals surface area contributed by atoms with E-state index in [0.717, 1.165) is 28.1 Å². The number of nitrogens with one attached hydrogen (secondary N) is 1. The van der Waals surface area contributed by atoms with Crippen LogP contribution in [0, 0.1) is 0 Å². The second-order valence-corrected chi connectivity index (χ2v) is 9.75. The first kappa shape index (κ1) is 29.6. The monoisotopic (exact) mass is 560 g/mol. The van der Waals surface area contributed by atoms with Crippen molar-refractivity contribution in [2.45, 2.75) is 64.1 Å². The fourth-order valence-corrected chi connectivity index (χ4v) is 4.53. The molecule has 41 heavy (non-hydrogen) atoms. The Bertz CT molecular complexity index is 1220. The van der Waals surface area contributed by atoms with E-state index in [1.165, 1.54) is 0 Å². The van der Waals surface area contributed by atoms with E-state index in [2.05, 4.69) is 5.43 Å². The molecule has 3 aromatic rings. The number of amides is 2. The van der Waals surface area contributed by atoms with Crippen LogP contribution in [0.3, 0.4) is 0 Å². The minimum absolute atomic E-state index is 0.0153. The number of rotatable bonds is 13. The molecular weight excluding hydrogens is 524 g/mol. The standard InChI is InChI=1S/C32H36N2O7/c35-30-20-19-29(41-30)28(18-10-11-21-38-22-25-12-4-1-5-13-25)34(32(37)40-24-27-16-8-3-9-17-27)33-31(36)39-23-26-14-6-2-7-15-26/h1-9,12-17,28-29H,10-11,18-24H2,(H,33,36)/t28-,29+/m1/s1. The maximum atomic E-state index is 13.4. The molecule has 0 saturated carbocycles. The molecule has 2 atom stereocenters. The molecule has 4 rings (SSSR count). The molecule has 216 valence electrons. The maximum absolute atomic E-state index is 13.4. The SMILES string of the molecule is O=C1CC[C@@H]([C@@H](CCCCOCc2ccccc2)N(NC(=O)OCc2ccccc2)C(=O)OCc2ccccc2)O1. The normalized spacial score (nSPS) is 15.0. The summed E-state index contributed by atoms with van der Waals surface area (Å²) in [6.45, 7) is 1.08. The molecule has 0 radical (unpaired) electrons. The Labute approximate surface area is 240 Å². The number of carbonyl (C=O) groups excluding carboxylic acids is 3. The second kappa shape index (κ2) is 16.0. The van der Waals surface area contributed by atoms with Crippen LogP contribution >= 0.6 is 0 Å². The van der Waals surface area contributed by atoms with Gasteiger partial charge in [-0.15, -0.1) is 0 Å². The lowest BCUT2D eigenvalue weighted by Crippen LogP contribution is -2.56. The number of ether oxygens (including phenoxy) is 4. The number of esters is 1. The van der Waals surface area contributed by atoms with Crippen LogP contribution in [-0.2, 0) is 43.6 Å². The van der Waals surface area contributed by atoms with Gasteiger partial charge in [-0.2, -0.15) is 0 Å². The molecular formula is C32H36N2O7. The Kier molecular flexibility index (Phi) is 11.6. The van der Waals surface area contributed by atoms with Crippen LogP contribution in [-0.4, -0.2) is 41.9 Å². The summed E-state index contributed by atoms with van der Waals surface area (Å²) in [6, 6.07) is 27.7. The molecule has 1 aliphatic heterocycles. The molecule has 9 heteroatoms. The summed E-state index contributed by atoms with van der Waals surface area (Å²) in [6.07, 6.45) is 0.332. The smallest absolute Gasteiger partial charge is 0.429 e. The maximum Gasteiger partial charge on any atom is 0.429 e. The summed E-state index contributed by atoms with van der Waals surface area (Å²) in [4.78, 5) is 38.2. The van der Waals surface area contributed by atoms with Crippen molar-refractivity contribution in [1.29, 1.82) is 0 Å². The van der Waals surface area contributed by atoms with Gasteiger partial charge in [-0.05, 0) is 42.4 Å². The fourth-order valence-electron chi connectivity index (χ4n) is 4.53. The summed E-state index contributed by atoms with van der Waals surface area (Å²) in [5, 5.41) is 1.12. The quantitative estimate of drug-likeness (QED) is 0.120. The zero-order valence-corrected chi connectivity index (χ0v) is 23.0. The molecule has 2 amide bonds. The Morgan fingerprint density at radius 1 is 0.805 bits per heavy atom. The Balaban J connectivity index is 1.40. The topological polar surface area (TPSA) is 103 Å². The minimum atomic E-state index is -0.814. The first-order valence-electron chi connectivity index (χ1n) is 13.9. The predicted molar refractivity (Wildman–Crippen MR) is 151 cm³/mol. The van der Waals surface area contributed by atoms with Crippen molar-refractivity contribution in [2.24, 2.45) is 0 Å². The molecule has 1 aliphatic rings. The molecule has 1 saturated heterocycles. The van der Waals surface area contributed by atoms with Gasteiger partial charge in [0.1, 0.15) is 19.3 Å². The van der Waals surface area contributed by atoms with Gasteiger partial charge in [0, 0.05) is 13.0 Å². The van der Waals surface area contributed by atoms with Crippen molar-refractivity contribution in [3.05, 3.63) is 108 Å². The van der Waals surface area contributed by atoms with Crippen LogP contribution in [0.2, 0.25) is 0 Å². The Morgan fingerprint density at radius 2 is 1.37 bits per heavy atom. The molecule has 0 aliphatic carbocycles. The third-order valence-corrected chi connectivity index (χ3v) is 6.65.